The topological polar surface area (TPSA) is 92.6 Å². The molecule has 1 saturated heterocycles. The number of nitrogens with one attached hydrogen (secondary N) is 1. The molecule has 1 fully saturated rings. The van der Waals surface area contributed by atoms with Crippen LogP contribution in [-0.4, -0.2) is 57.3 Å². The van der Waals surface area contributed by atoms with Crippen LogP contribution in [0.3, 0.4) is 0 Å². The molecule has 0 aliphatic carbocycles. The minimum absolute atomic E-state index is 0.237. The van der Waals surface area contributed by atoms with Crippen LogP contribution in [0, 0.1) is 6.92 Å². The van der Waals surface area contributed by atoms with Gasteiger partial charge in [-0.15, -0.1) is 0 Å². The molecule has 0 atom stereocenters. The van der Waals surface area contributed by atoms with Crippen molar-refractivity contribution in [2.75, 3.05) is 36.4 Å². The molecule has 0 radical (unpaired) electrons. The van der Waals surface area contributed by atoms with Crippen molar-refractivity contribution < 1.29 is 9.53 Å². The van der Waals surface area contributed by atoms with E-state index in [1.165, 1.54) is 10.8 Å². The van der Waals surface area contributed by atoms with Crippen molar-refractivity contribution in [3.8, 4) is 5.69 Å². The van der Waals surface area contributed by atoms with Crippen molar-refractivity contribution in [1.82, 2.24) is 19.4 Å². The minimum Gasteiger partial charge on any atom is -0.444 e. The van der Waals surface area contributed by atoms with Gasteiger partial charge in [-0.1, -0.05) is 23.7 Å². The SMILES string of the molecule is Cc1cc(Nc2ncc3c(=O)n(-c4ccccc4Cl)ccc3n2)ccc1N1CCN(C(=O)OC(C)(C)C)CC1. The zero-order valence-corrected chi connectivity index (χ0v) is 23.2. The van der Waals surface area contributed by atoms with Crippen LogP contribution in [0.4, 0.5) is 22.1 Å². The first-order valence-electron chi connectivity index (χ1n) is 12.8. The zero-order valence-electron chi connectivity index (χ0n) is 22.4. The number of halogens is 1. The van der Waals surface area contributed by atoms with Crippen LogP contribution in [0.15, 0.2) is 65.7 Å². The number of carbonyl (C=O) groups is 1. The number of aromatic nitrogens is 3. The Balaban J connectivity index is 1.28. The van der Waals surface area contributed by atoms with Gasteiger partial charge in [0.25, 0.3) is 5.56 Å². The zero-order chi connectivity index (χ0) is 27.7. The molecule has 10 heteroatoms. The van der Waals surface area contributed by atoms with E-state index in [2.05, 4.69) is 33.2 Å². The summed E-state index contributed by atoms with van der Waals surface area (Å²) in [5, 5.41) is 4.14. The number of pyridine rings is 1. The number of benzene rings is 2. The summed E-state index contributed by atoms with van der Waals surface area (Å²) >= 11 is 6.29. The summed E-state index contributed by atoms with van der Waals surface area (Å²) in [6.45, 7) is 10.4. The molecule has 3 heterocycles. The normalized spacial score (nSPS) is 14.0. The van der Waals surface area contributed by atoms with Gasteiger partial charge in [0.15, 0.2) is 0 Å². The highest BCUT2D eigenvalue weighted by Gasteiger charge is 2.26. The largest absolute Gasteiger partial charge is 0.444 e. The number of aryl methyl sites for hydroxylation is 1. The van der Waals surface area contributed by atoms with Gasteiger partial charge >= 0.3 is 6.09 Å². The second kappa shape index (κ2) is 10.6. The fourth-order valence-electron chi connectivity index (χ4n) is 4.60. The molecule has 1 aliphatic heterocycles. The van der Waals surface area contributed by atoms with Crippen molar-refractivity contribution in [2.45, 2.75) is 33.3 Å². The fraction of sp³-hybridized carbons (Fsp3) is 0.310. The summed E-state index contributed by atoms with van der Waals surface area (Å²) in [5.74, 6) is 0.399. The number of fused-ring (bicyclic) bond motifs is 1. The molecule has 1 N–H and O–H groups in total. The van der Waals surface area contributed by atoms with Gasteiger partial charge in [-0.25, -0.2) is 14.8 Å². The Labute approximate surface area is 232 Å². The molecule has 2 aromatic heterocycles. The maximum atomic E-state index is 13.1. The summed E-state index contributed by atoms with van der Waals surface area (Å²) in [4.78, 5) is 38.4. The van der Waals surface area contributed by atoms with Gasteiger partial charge in [0, 0.05) is 49.9 Å². The highest BCUT2D eigenvalue weighted by Crippen LogP contribution is 2.27. The third-order valence-corrected chi connectivity index (χ3v) is 6.81. The van der Waals surface area contributed by atoms with Crippen LogP contribution < -0.4 is 15.8 Å². The van der Waals surface area contributed by atoms with E-state index in [0.29, 0.717) is 40.7 Å². The predicted octanol–water partition coefficient (Wildman–Crippen LogP) is 5.54. The highest BCUT2D eigenvalue weighted by molar-refractivity contribution is 6.32. The van der Waals surface area contributed by atoms with Gasteiger partial charge in [0.05, 0.1) is 21.6 Å². The Morgan fingerprint density at radius 2 is 1.77 bits per heavy atom. The van der Waals surface area contributed by atoms with Gasteiger partial charge < -0.3 is 19.9 Å². The molecule has 202 valence electrons. The van der Waals surface area contributed by atoms with Crippen LogP contribution in [0.2, 0.25) is 5.02 Å². The number of hydrogen-bond acceptors (Lipinski definition) is 7. The second-order valence-electron chi connectivity index (χ2n) is 10.5. The van der Waals surface area contributed by atoms with E-state index < -0.39 is 5.60 Å². The van der Waals surface area contributed by atoms with Gasteiger partial charge in [-0.05, 0) is 69.7 Å². The minimum atomic E-state index is -0.502. The lowest BCUT2D eigenvalue weighted by atomic mass is 10.1. The lowest BCUT2D eigenvalue weighted by Gasteiger charge is -2.37. The first-order chi connectivity index (χ1) is 18.6. The standard InChI is InChI=1S/C29H31ClN6O3/c1-19-17-20(9-10-24(19)34-13-15-35(16-14-34)28(38)39-29(2,3)4)32-27-31-18-21-23(33-27)11-12-36(26(21)37)25-8-6-5-7-22(25)30/h5-12,17-18H,13-16H2,1-4H3,(H,31,32,33). The summed E-state index contributed by atoms with van der Waals surface area (Å²) in [6, 6.07) is 15.0. The lowest BCUT2D eigenvalue weighted by molar-refractivity contribution is 0.0240. The van der Waals surface area contributed by atoms with Crippen molar-refractivity contribution in [1.29, 1.82) is 0 Å². The lowest BCUT2D eigenvalue weighted by Crippen LogP contribution is -2.50. The van der Waals surface area contributed by atoms with Gasteiger partial charge in [-0.2, -0.15) is 0 Å². The molecule has 39 heavy (non-hydrogen) atoms. The Hall–Kier alpha value is -4.11. The molecule has 0 bridgehead atoms. The monoisotopic (exact) mass is 546 g/mol. The molecule has 0 spiro atoms. The number of carbonyl (C=O) groups excluding carboxylic acids is 1. The number of ether oxygens (including phenoxy) is 1. The third kappa shape index (κ3) is 5.83. The highest BCUT2D eigenvalue weighted by atomic mass is 35.5. The molecule has 5 rings (SSSR count). The smallest absolute Gasteiger partial charge is 0.410 e. The Kier molecular flexibility index (Phi) is 7.18. The van der Waals surface area contributed by atoms with Gasteiger partial charge in [0.1, 0.15) is 5.60 Å². The Morgan fingerprint density at radius 3 is 2.46 bits per heavy atom. The summed E-state index contributed by atoms with van der Waals surface area (Å²) in [5.41, 5.74) is 3.45. The summed E-state index contributed by atoms with van der Waals surface area (Å²) < 4.78 is 7.00. The number of rotatable bonds is 4. The van der Waals surface area contributed by atoms with E-state index in [1.807, 2.05) is 45.0 Å². The molecule has 0 saturated carbocycles. The number of piperazine rings is 1. The molecular formula is C29H31ClN6O3. The van der Waals surface area contributed by atoms with E-state index in [0.717, 1.165) is 30.0 Å². The van der Waals surface area contributed by atoms with Crippen LogP contribution >= 0.6 is 11.6 Å². The summed E-state index contributed by atoms with van der Waals surface area (Å²) in [6.07, 6.45) is 2.94. The number of hydrogen-bond donors (Lipinski definition) is 1. The first kappa shape index (κ1) is 26.5. The van der Waals surface area contributed by atoms with Gasteiger partial charge in [-0.3, -0.25) is 9.36 Å². The third-order valence-electron chi connectivity index (χ3n) is 6.49. The van der Waals surface area contributed by atoms with E-state index in [9.17, 15) is 9.59 Å². The van der Waals surface area contributed by atoms with Crippen LogP contribution in [-0.2, 0) is 4.74 Å². The average Bonchev–Trinajstić information content (AvgIpc) is 2.89. The molecule has 2 aromatic carbocycles. The number of amides is 1. The fourth-order valence-corrected chi connectivity index (χ4v) is 4.83. The Morgan fingerprint density at radius 1 is 1.03 bits per heavy atom. The molecule has 9 nitrogen and oxygen atoms in total. The van der Waals surface area contributed by atoms with E-state index in [1.54, 1.807) is 29.3 Å². The number of para-hydroxylation sites is 1. The van der Waals surface area contributed by atoms with Crippen LogP contribution in [0.1, 0.15) is 26.3 Å². The van der Waals surface area contributed by atoms with E-state index in [4.69, 9.17) is 16.3 Å². The van der Waals surface area contributed by atoms with Gasteiger partial charge in [0.2, 0.25) is 5.95 Å². The first-order valence-corrected chi connectivity index (χ1v) is 13.2. The molecule has 1 amide bonds. The van der Waals surface area contributed by atoms with Crippen LogP contribution in [0.5, 0.6) is 0 Å². The quantitative estimate of drug-likeness (QED) is 0.359. The van der Waals surface area contributed by atoms with Crippen molar-refractivity contribution in [3.05, 3.63) is 81.9 Å². The average molecular weight is 547 g/mol. The molecular weight excluding hydrogens is 516 g/mol. The van der Waals surface area contributed by atoms with Crippen molar-refractivity contribution in [2.24, 2.45) is 0 Å². The van der Waals surface area contributed by atoms with Crippen molar-refractivity contribution >= 4 is 45.9 Å². The summed E-state index contributed by atoms with van der Waals surface area (Å²) in [7, 11) is 0. The number of anilines is 3. The van der Waals surface area contributed by atoms with Crippen molar-refractivity contribution in [3.63, 3.8) is 0 Å². The van der Waals surface area contributed by atoms with Crippen LogP contribution in [0.25, 0.3) is 16.6 Å². The van der Waals surface area contributed by atoms with E-state index >= 15 is 0 Å². The molecule has 1 aliphatic rings. The second-order valence-corrected chi connectivity index (χ2v) is 10.9. The number of nitrogens with zero attached hydrogens (tertiary/aromatic N) is 5. The molecule has 4 aromatic rings. The predicted molar refractivity (Wildman–Crippen MR) is 155 cm³/mol. The maximum Gasteiger partial charge on any atom is 0.410 e. The maximum absolute atomic E-state index is 13.1. The Bertz CT molecular complexity index is 1590. The van der Waals surface area contributed by atoms with E-state index in [-0.39, 0.29) is 11.7 Å². The molecule has 0 unspecified atom stereocenters.